The average Bonchev–Trinajstić information content (AvgIpc) is 2.76. The zero-order valence-corrected chi connectivity index (χ0v) is 19.0. The Labute approximate surface area is 188 Å². The molecule has 1 saturated carbocycles. The zero-order chi connectivity index (χ0) is 23.3. The van der Waals surface area contributed by atoms with E-state index in [9.17, 15) is 14.9 Å². The number of anilines is 3. The lowest BCUT2D eigenvalue weighted by Crippen LogP contribution is -2.36. The summed E-state index contributed by atoms with van der Waals surface area (Å²) in [7, 11) is 3.89. The summed E-state index contributed by atoms with van der Waals surface area (Å²) in [6, 6.07) is 4.85. The van der Waals surface area contributed by atoms with Crippen LogP contribution in [0.15, 0.2) is 24.4 Å². The molecule has 32 heavy (non-hydrogen) atoms. The van der Waals surface area contributed by atoms with Crippen molar-refractivity contribution in [3.8, 4) is 0 Å². The van der Waals surface area contributed by atoms with Crippen LogP contribution in [-0.4, -0.2) is 47.6 Å². The molecule has 10 nitrogen and oxygen atoms in total. The second kappa shape index (κ2) is 10.3. The topological polar surface area (TPSA) is 125 Å². The van der Waals surface area contributed by atoms with E-state index in [1.165, 1.54) is 6.07 Å². The van der Waals surface area contributed by atoms with Gasteiger partial charge in [0.1, 0.15) is 11.5 Å². The first-order chi connectivity index (χ1) is 15.2. The highest BCUT2D eigenvalue weighted by Crippen LogP contribution is 2.30. The molecule has 3 N–H and O–H groups in total. The number of hydrogen-bond donors (Lipinski definition) is 3. The highest BCUT2D eigenvalue weighted by atomic mass is 16.6. The van der Waals surface area contributed by atoms with Crippen LogP contribution in [-0.2, 0) is 0 Å². The van der Waals surface area contributed by atoms with Crippen LogP contribution in [0.5, 0.6) is 0 Å². The van der Waals surface area contributed by atoms with Crippen molar-refractivity contribution >= 4 is 29.2 Å². The van der Waals surface area contributed by atoms with Gasteiger partial charge in [0.25, 0.3) is 5.69 Å². The van der Waals surface area contributed by atoms with Crippen LogP contribution < -0.4 is 20.9 Å². The third-order valence-electron chi connectivity index (χ3n) is 5.98. The highest BCUT2D eigenvalue weighted by Gasteiger charge is 2.23. The fourth-order valence-corrected chi connectivity index (χ4v) is 3.87. The number of hydrogen-bond acceptors (Lipinski definition) is 7. The lowest BCUT2D eigenvalue weighted by Gasteiger charge is -2.29. The van der Waals surface area contributed by atoms with Gasteiger partial charge in [-0.05, 0) is 62.6 Å². The molecule has 1 aromatic heterocycles. The van der Waals surface area contributed by atoms with Gasteiger partial charge in [-0.2, -0.15) is 4.98 Å². The van der Waals surface area contributed by atoms with Crippen molar-refractivity contribution in [3.63, 3.8) is 0 Å². The first-order valence-corrected chi connectivity index (χ1v) is 10.8. The molecular weight excluding hydrogens is 410 g/mol. The van der Waals surface area contributed by atoms with Crippen LogP contribution in [0.25, 0.3) is 0 Å². The molecule has 1 fully saturated rings. The van der Waals surface area contributed by atoms with Gasteiger partial charge in [0.05, 0.1) is 4.92 Å². The van der Waals surface area contributed by atoms with Crippen LogP contribution in [0.1, 0.15) is 36.8 Å². The molecule has 1 aliphatic carbocycles. The number of nitro groups is 1. The molecule has 1 aromatic carbocycles. The number of carbonyl (C=O) groups excluding carboxylic acids is 1. The Morgan fingerprint density at radius 1 is 1.19 bits per heavy atom. The molecule has 3 rings (SSSR count). The summed E-state index contributed by atoms with van der Waals surface area (Å²) in [4.78, 5) is 34.0. The quantitative estimate of drug-likeness (QED) is 0.440. The van der Waals surface area contributed by atoms with Gasteiger partial charge in [-0.3, -0.25) is 10.1 Å². The Bertz CT molecular complexity index is 972. The lowest BCUT2D eigenvalue weighted by atomic mass is 9.86. The van der Waals surface area contributed by atoms with Gasteiger partial charge in [0.2, 0.25) is 5.95 Å². The molecule has 0 radical (unpaired) electrons. The van der Waals surface area contributed by atoms with E-state index in [0.29, 0.717) is 30.0 Å². The number of carbonyl (C=O) groups is 1. The largest absolute Gasteiger partial charge is 0.363 e. The van der Waals surface area contributed by atoms with Crippen molar-refractivity contribution in [3.05, 3.63) is 45.6 Å². The predicted octanol–water partition coefficient (Wildman–Crippen LogP) is 3.86. The van der Waals surface area contributed by atoms with Crippen LogP contribution in [0.4, 0.5) is 27.9 Å². The minimum atomic E-state index is -0.478. The third kappa shape index (κ3) is 5.83. The maximum atomic E-state index is 12.4. The van der Waals surface area contributed by atoms with Crippen molar-refractivity contribution in [2.75, 3.05) is 36.2 Å². The molecular formula is C22H31N7O3. The van der Waals surface area contributed by atoms with Crippen molar-refractivity contribution in [1.29, 1.82) is 0 Å². The predicted molar refractivity (Wildman–Crippen MR) is 125 cm³/mol. The highest BCUT2D eigenvalue weighted by molar-refractivity contribution is 5.93. The van der Waals surface area contributed by atoms with Crippen molar-refractivity contribution in [1.82, 2.24) is 15.3 Å². The summed E-state index contributed by atoms with van der Waals surface area (Å²) in [5.74, 6) is 1.85. The maximum absolute atomic E-state index is 12.4. The number of nitro benzene ring substituents is 1. The molecule has 0 bridgehead atoms. The Morgan fingerprint density at radius 2 is 1.91 bits per heavy atom. The van der Waals surface area contributed by atoms with E-state index in [0.717, 1.165) is 37.1 Å². The summed E-state index contributed by atoms with van der Waals surface area (Å²) in [5, 5.41) is 20.3. The van der Waals surface area contributed by atoms with Gasteiger partial charge >= 0.3 is 6.03 Å². The van der Waals surface area contributed by atoms with E-state index in [-0.39, 0.29) is 11.4 Å². The summed E-state index contributed by atoms with van der Waals surface area (Å²) in [6.45, 7) is 4.16. The molecule has 1 aliphatic rings. The SMILES string of the molecule is Cc1ccc([N+](=O)[O-])c(NC(=O)NC[C@H]2CC[C@@H](Nc3nccc(N(C)C)n3)CC2)c1C. The van der Waals surface area contributed by atoms with Gasteiger partial charge in [-0.1, -0.05) is 6.07 Å². The normalized spacial score (nSPS) is 18.0. The Balaban J connectivity index is 1.47. The van der Waals surface area contributed by atoms with Crippen molar-refractivity contribution in [2.24, 2.45) is 5.92 Å². The minimum absolute atomic E-state index is 0.101. The molecule has 0 unspecified atom stereocenters. The number of nitrogens with zero attached hydrogens (tertiary/aromatic N) is 4. The minimum Gasteiger partial charge on any atom is -0.363 e. The first kappa shape index (κ1) is 23.2. The van der Waals surface area contributed by atoms with Crippen LogP contribution in [0.2, 0.25) is 0 Å². The first-order valence-electron chi connectivity index (χ1n) is 10.8. The van der Waals surface area contributed by atoms with E-state index < -0.39 is 11.0 Å². The number of aromatic nitrogens is 2. The summed E-state index contributed by atoms with van der Waals surface area (Å²) >= 11 is 0. The number of aryl methyl sites for hydroxylation is 1. The second-order valence-corrected chi connectivity index (χ2v) is 8.49. The van der Waals surface area contributed by atoms with Crippen LogP contribution in [0.3, 0.4) is 0 Å². The van der Waals surface area contributed by atoms with Crippen molar-refractivity contribution in [2.45, 2.75) is 45.6 Å². The number of benzene rings is 1. The number of urea groups is 1. The van der Waals surface area contributed by atoms with Gasteiger partial charge in [-0.15, -0.1) is 0 Å². The molecule has 10 heteroatoms. The van der Waals surface area contributed by atoms with E-state index in [1.54, 1.807) is 19.2 Å². The van der Waals surface area contributed by atoms with Crippen LogP contribution in [0, 0.1) is 29.9 Å². The van der Waals surface area contributed by atoms with Gasteiger partial charge in [0, 0.05) is 38.9 Å². The third-order valence-corrected chi connectivity index (χ3v) is 5.98. The second-order valence-electron chi connectivity index (χ2n) is 8.49. The Kier molecular flexibility index (Phi) is 7.45. The smallest absolute Gasteiger partial charge is 0.319 e. The van der Waals surface area contributed by atoms with Gasteiger partial charge in [0.15, 0.2) is 0 Å². The standard InChI is InChI=1S/C22H31N7O3/c1-14-5-10-18(29(31)32)20(15(14)2)27-22(30)24-13-16-6-8-17(9-7-16)25-21-23-12-11-19(26-21)28(3)4/h5,10-12,16-17H,6-9,13H2,1-4H3,(H,23,25,26)(H2,24,27,30)/t16-,17+. The molecule has 0 spiro atoms. The Hall–Kier alpha value is -3.43. The van der Waals surface area contributed by atoms with Gasteiger partial charge in [-0.25, -0.2) is 9.78 Å². The number of amides is 2. The molecule has 0 saturated heterocycles. The molecule has 2 amide bonds. The molecule has 0 atom stereocenters. The van der Waals surface area contributed by atoms with E-state index in [4.69, 9.17) is 0 Å². The van der Waals surface area contributed by atoms with E-state index in [1.807, 2.05) is 32.0 Å². The number of rotatable bonds is 7. The lowest BCUT2D eigenvalue weighted by molar-refractivity contribution is -0.384. The molecule has 172 valence electrons. The maximum Gasteiger partial charge on any atom is 0.319 e. The molecule has 0 aliphatic heterocycles. The summed E-state index contributed by atoms with van der Waals surface area (Å²) in [5.41, 5.74) is 1.73. The fourth-order valence-electron chi connectivity index (χ4n) is 3.87. The van der Waals surface area contributed by atoms with Gasteiger partial charge < -0.3 is 20.9 Å². The van der Waals surface area contributed by atoms with Crippen molar-refractivity contribution < 1.29 is 9.72 Å². The van der Waals surface area contributed by atoms with E-state index in [2.05, 4.69) is 25.9 Å². The summed E-state index contributed by atoms with van der Waals surface area (Å²) in [6.07, 6.45) is 5.61. The fraction of sp³-hybridized carbons (Fsp3) is 0.500. The average molecular weight is 442 g/mol. The monoisotopic (exact) mass is 441 g/mol. The zero-order valence-electron chi connectivity index (χ0n) is 19.0. The number of nitrogens with one attached hydrogen (secondary N) is 3. The van der Waals surface area contributed by atoms with E-state index >= 15 is 0 Å². The molecule has 1 heterocycles. The summed E-state index contributed by atoms with van der Waals surface area (Å²) < 4.78 is 0. The van der Waals surface area contributed by atoms with Crippen LogP contribution >= 0.6 is 0 Å². The molecule has 2 aromatic rings. The Morgan fingerprint density at radius 3 is 2.56 bits per heavy atom.